The van der Waals surface area contributed by atoms with Gasteiger partial charge in [-0.3, -0.25) is 9.36 Å². The molecular weight excluding hydrogens is 460 g/mol. The van der Waals surface area contributed by atoms with Gasteiger partial charge in [-0.2, -0.15) is 5.10 Å². The van der Waals surface area contributed by atoms with Crippen LogP contribution in [0.5, 0.6) is 0 Å². The summed E-state index contributed by atoms with van der Waals surface area (Å²) < 4.78 is 5.25. The van der Waals surface area contributed by atoms with Gasteiger partial charge >= 0.3 is 0 Å². The lowest BCUT2D eigenvalue weighted by atomic mass is 10.1. The van der Waals surface area contributed by atoms with Crippen LogP contribution in [0.15, 0.2) is 102 Å². The van der Waals surface area contributed by atoms with E-state index in [1.807, 2.05) is 84.5 Å². The van der Waals surface area contributed by atoms with Crippen LogP contribution >= 0.6 is 11.6 Å². The van der Waals surface area contributed by atoms with Gasteiger partial charge in [-0.25, -0.2) is 14.6 Å². The van der Waals surface area contributed by atoms with Gasteiger partial charge in [-0.05, 0) is 36.4 Å². The molecular formula is C27H19ClN6O. The largest absolute Gasteiger partial charge is 0.334 e. The van der Waals surface area contributed by atoms with Crippen molar-refractivity contribution in [1.29, 1.82) is 0 Å². The Morgan fingerprint density at radius 1 is 0.800 bits per heavy atom. The van der Waals surface area contributed by atoms with E-state index in [0.29, 0.717) is 27.6 Å². The van der Waals surface area contributed by atoms with Crippen LogP contribution in [0, 0.1) is 0 Å². The van der Waals surface area contributed by atoms with E-state index in [1.54, 1.807) is 33.8 Å². The zero-order valence-electron chi connectivity index (χ0n) is 18.7. The molecule has 170 valence electrons. The summed E-state index contributed by atoms with van der Waals surface area (Å²) in [6.45, 7) is 0. The number of hydrogen-bond donors (Lipinski definition) is 0. The van der Waals surface area contributed by atoms with Gasteiger partial charge in [-0.15, -0.1) is 0 Å². The van der Waals surface area contributed by atoms with Crippen LogP contribution in [0.25, 0.3) is 45.2 Å². The van der Waals surface area contributed by atoms with Crippen molar-refractivity contribution >= 4 is 22.6 Å². The molecule has 8 heteroatoms. The molecule has 0 unspecified atom stereocenters. The number of hydrogen-bond acceptors (Lipinski definition) is 4. The second-order valence-corrected chi connectivity index (χ2v) is 8.56. The van der Waals surface area contributed by atoms with Crippen LogP contribution in [0.4, 0.5) is 0 Å². The average Bonchev–Trinajstić information content (AvgIpc) is 3.52. The first-order chi connectivity index (χ1) is 17.1. The van der Waals surface area contributed by atoms with Crippen molar-refractivity contribution in [3.05, 3.63) is 113 Å². The van der Waals surface area contributed by atoms with E-state index >= 15 is 0 Å². The van der Waals surface area contributed by atoms with Crippen molar-refractivity contribution in [2.45, 2.75) is 0 Å². The normalized spacial score (nSPS) is 11.3. The molecule has 3 heterocycles. The molecule has 0 N–H and O–H groups in total. The number of benzene rings is 3. The van der Waals surface area contributed by atoms with E-state index in [9.17, 15) is 4.79 Å². The van der Waals surface area contributed by atoms with Crippen LogP contribution < -0.4 is 5.56 Å². The van der Waals surface area contributed by atoms with Crippen molar-refractivity contribution in [2.24, 2.45) is 7.05 Å². The Labute approximate surface area is 205 Å². The Morgan fingerprint density at radius 2 is 1.49 bits per heavy atom. The van der Waals surface area contributed by atoms with Crippen LogP contribution in [0.1, 0.15) is 0 Å². The van der Waals surface area contributed by atoms with Crippen molar-refractivity contribution in [2.75, 3.05) is 0 Å². The van der Waals surface area contributed by atoms with Gasteiger partial charge in [0.15, 0.2) is 5.65 Å². The molecule has 0 aliphatic carbocycles. The highest BCUT2D eigenvalue weighted by Gasteiger charge is 2.19. The minimum Gasteiger partial charge on any atom is -0.334 e. The van der Waals surface area contributed by atoms with Crippen molar-refractivity contribution in [3.63, 3.8) is 0 Å². The zero-order valence-corrected chi connectivity index (χ0v) is 19.5. The molecule has 0 aliphatic rings. The first kappa shape index (κ1) is 21.1. The Hall–Kier alpha value is -4.49. The molecule has 0 bridgehead atoms. The van der Waals surface area contributed by atoms with Crippen molar-refractivity contribution in [3.8, 4) is 34.2 Å². The fourth-order valence-corrected chi connectivity index (χ4v) is 4.29. The topological polar surface area (TPSA) is 70.5 Å². The van der Waals surface area contributed by atoms with Gasteiger partial charge < -0.3 is 4.57 Å². The summed E-state index contributed by atoms with van der Waals surface area (Å²) in [5, 5.41) is 5.50. The fraction of sp³-hybridized carbons (Fsp3) is 0.0370. The predicted molar refractivity (Wildman–Crippen MR) is 137 cm³/mol. The van der Waals surface area contributed by atoms with E-state index in [0.717, 1.165) is 22.6 Å². The molecule has 0 atom stereocenters. The molecule has 0 aliphatic heterocycles. The average molecular weight is 479 g/mol. The van der Waals surface area contributed by atoms with E-state index in [4.69, 9.17) is 16.6 Å². The van der Waals surface area contributed by atoms with Gasteiger partial charge in [0.1, 0.15) is 17.0 Å². The van der Waals surface area contributed by atoms with Crippen LogP contribution in [0.3, 0.4) is 0 Å². The number of rotatable bonds is 4. The number of aryl methyl sites for hydroxylation is 1. The molecule has 7 nitrogen and oxygen atoms in total. The third-order valence-electron chi connectivity index (χ3n) is 5.91. The van der Waals surface area contributed by atoms with E-state index in [1.165, 1.54) is 0 Å². The number of para-hydroxylation sites is 1. The van der Waals surface area contributed by atoms with E-state index in [2.05, 4.69) is 10.1 Å². The second-order valence-electron chi connectivity index (χ2n) is 8.12. The first-order valence-electron chi connectivity index (χ1n) is 11.0. The zero-order chi connectivity index (χ0) is 23.9. The van der Waals surface area contributed by atoms with E-state index < -0.39 is 0 Å². The second kappa shape index (κ2) is 8.38. The Kier molecular flexibility index (Phi) is 5.04. The highest BCUT2D eigenvalue weighted by molar-refractivity contribution is 6.30. The van der Waals surface area contributed by atoms with Gasteiger partial charge in [0.2, 0.25) is 0 Å². The highest BCUT2D eigenvalue weighted by atomic mass is 35.5. The maximum Gasteiger partial charge on any atom is 0.269 e. The monoisotopic (exact) mass is 478 g/mol. The fourth-order valence-electron chi connectivity index (χ4n) is 4.16. The summed E-state index contributed by atoms with van der Waals surface area (Å²) in [4.78, 5) is 23.2. The first-order valence-corrected chi connectivity index (χ1v) is 11.4. The molecule has 0 radical (unpaired) electrons. The van der Waals surface area contributed by atoms with Gasteiger partial charge in [0, 0.05) is 35.6 Å². The molecule has 6 aromatic rings. The quantitative estimate of drug-likeness (QED) is 0.345. The Morgan fingerprint density at radius 3 is 2.14 bits per heavy atom. The maximum atomic E-state index is 13.8. The van der Waals surface area contributed by atoms with Crippen molar-refractivity contribution < 1.29 is 0 Å². The minimum atomic E-state index is -0.206. The molecule has 0 spiro atoms. The molecule has 0 fully saturated rings. The summed E-state index contributed by atoms with van der Waals surface area (Å²) in [6.07, 6.45) is 5.24. The summed E-state index contributed by atoms with van der Waals surface area (Å²) in [6, 6.07) is 24.7. The maximum absolute atomic E-state index is 13.8. The van der Waals surface area contributed by atoms with Gasteiger partial charge in [0.05, 0.1) is 17.6 Å². The number of fused-ring (bicyclic) bond motifs is 1. The number of halogens is 1. The SMILES string of the molecule is Cn1ccnc1-c1ccc(-c2nc3c(cnn3-c3ccccc3)c(=O)n2-c2ccc(Cl)cc2)cc1. The molecule has 3 aromatic carbocycles. The summed E-state index contributed by atoms with van der Waals surface area (Å²) >= 11 is 6.12. The molecule has 6 rings (SSSR count). The number of aromatic nitrogens is 6. The summed E-state index contributed by atoms with van der Waals surface area (Å²) in [5.41, 5.74) is 3.55. The molecule has 3 aromatic heterocycles. The lowest BCUT2D eigenvalue weighted by molar-refractivity contribution is 0.888. The Bertz CT molecular complexity index is 1710. The van der Waals surface area contributed by atoms with Crippen LogP contribution in [-0.2, 0) is 7.05 Å². The summed E-state index contributed by atoms with van der Waals surface area (Å²) in [5.74, 6) is 1.37. The van der Waals surface area contributed by atoms with Gasteiger partial charge in [0.25, 0.3) is 5.56 Å². The number of imidazole rings is 1. The Balaban J connectivity index is 1.60. The smallest absolute Gasteiger partial charge is 0.269 e. The van der Waals surface area contributed by atoms with Crippen molar-refractivity contribution in [1.82, 2.24) is 28.9 Å². The van der Waals surface area contributed by atoms with Gasteiger partial charge in [-0.1, -0.05) is 54.1 Å². The number of nitrogens with zero attached hydrogens (tertiary/aromatic N) is 6. The predicted octanol–water partition coefficient (Wildman–Crippen LogP) is 5.29. The summed E-state index contributed by atoms with van der Waals surface area (Å²) in [7, 11) is 1.95. The molecule has 0 amide bonds. The lowest BCUT2D eigenvalue weighted by Crippen LogP contribution is -2.22. The molecule has 35 heavy (non-hydrogen) atoms. The van der Waals surface area contributed by atoms with E-state index in [-0.39, 0.29) is 5.56 Å². The highest BCUT2D eigenvalue weighted by Crippen LogP contribution is 2.26. The molecule has 0 saturated heterocycles. The molecule has 0 saturated carbocycles. The standard InChI is InChI=1S/C27H19ClN6O/c1-32-16-15-29-24(32)18-7-9-19(10-8-18)25-31-26-23(17-30-34(26)22-5-3-2-4-6-22)27(35)33(25)21-13-11-20(28)12-14-21/h2-17H,1H3. The third kappa shape index (κ3) is 3.62. The minimum absolute atomic E-state index is 0.206. The van der Waals surface area contributed by atoms with Crippen LogP contribution in [0.2, 0.25) is 5.02 Å². The lowest BCUT2D eigenvalue weighted by Gasteiger charge is -2.14. The van der Waals surface area contributed by atoms with Crippen LogP contribution in [-0.4, -0.2) is 28.9 Å². The third-order valence-corrected chi connectivity index (χ3v) is 6.16.